The van der Waals surface area contributed by atoms with Crippen LogP contribution in [0.5, 0.6) is 0 Å². The predicted octanol–water partition coefficient (Wildman–Crippen LogP) is 3.86. The molecule has 1 aliphatic rings. The van der Waals surface area contributed by atoms with E-state index >= 15 is 0 Å². The summed E-state index contributed by atoms with van der Waals surface area (Å²) in [5, 5.41) is 4.99. The maximum Gasteiger partial charge on any atom is 0.264 e. The molecule has 3 heterocycles. The second-order valence-corrected chi connectivity index (χ2v) is 9.01. The van der Waals surface area contributed by atoms with E-state index in [-0.39, 0.29) is 17.9 Å². The fourth-order valence-electron chi connectivity index (χ4n) is 3.81. The third-order valence-electron chi connectivity index (χ3n) is 5.72. The summed E-state index contributed by atoms with van der Waals surface area (Å²) in [4.78, 5) is 34.4. The van der Waals surface area contributed by atoms with Gasteiger partial charge in [-0.2, -0.15) is 0 Å². The molecule has 4 rings (SSSR count). The zero-order valence-electron chi connectivity index (χ0n) is 18.2. The monoisotopic (exact) mass is 448 g/mol. The van der Waals surface area contributed by atoms with Crippen molar-refractivity contribution >= 4 is 29.0 Å². The van der Waals surface area contributed by atoms with Crippen LogP contribution in [-0.2, 0) is 6.42 Å². The van der Waals surface area contributed by atoms with E-state index in [2.05, 4.69) is 27.3 Å². The van der Waals surface area contributed by atoms with Crippen molar-refractivity contribution in [3.05, 3.63) is 82.2 Å². The van der Waals surface area contributed by atoms with Gasteiger partial charge in [0, 0.05) is 38.4 Å². The Morgan fingerprint density at radius 1 is 1.03 bits per heavy atom. The van der Waals surface area contributed by atoms with Crippen LogP contribution in [0.2, 0.25) is 0 Å². The zero-order valence-corrected chi connectivity index (χ0v) is 19.1. The first-order chi connectivity index (χ1) is 15.6. The molecule has 2 aromatic heterocycles. The van der Waals surface area contributed by atoms with Gasteiger partial charge in [-0.15, -0.1) is 11.3 Å². The number of pyridine rings is 1. The van der Waals surface area contributed by atoms with Crippen molar-refractivity contribution in [3.8, 4) is 0 Å². The van der Waals surface area contributed by atoms with E-state index < -0.39 is 0 Å². The fraction of sp³-hybridized carbons (Fsp3) is 0.320. The molecule has 2 amide bonds. The van der Waals surface area contributed by atoms with Gasteiger partial charge in [0.1, 0.15) is 5.82 Å². The highest BCUT2D eigenvalue weighted by molar-refractivity contribution is 7.12. The third-order valence-corrected chi connectivity index (χ3v) is 6.58. The molecule has 166 valence electrons. The van der Waals surface area contributed by atoms with E-state index in [9.17, 15) is 9.59 Å². The van der Waals surface area contributed by atoms with Crippen molar-refractivity contribution in [3.63, 3.8) is 0 Å². The van der Waals surface area contributed by atoms with Crippen LogP contribution >= 0.6 is 11.3 Å². The summed E-state index contributed by atoms with van der Waals surface area (Å²) in [6, 6.07) is 17.9. The Balaban J connectivity index is 1.25. The number of hydrogen-bond acceptors (Lipinski definition) is 5. The summed E-state index contributed by atoms with van der Waals surface area (Å²) in [5.74, 6) is 0.832. The Morgan fingerprint density at radius 3 is 2.47 bits per heavy atom. The van der Waals surface area contributed by atoms with Gasteiger partial charge in [-0.1, -0.05) is 36.4 Å². The summed E-state index contributed by atoms with van der Waals surface area (Å²) >= 11 is 1.48. The topological polar surface area (TPSA) is 65.5 Å². The number of carbonyl (C=O) groups excluding carboxylic acids is 2. The van der Waals surface area contributed by atoms with Crippen molar-refractivity contribution in [2.24, 2.45) is 0 Å². The number of nitrogens with one attached hydrogen (secondary N) is 1. The molecule has 1 fully saturated rings. The van der Waals surface area contributed by atoms with Crippen LogP contribution in [0.4, 0.5) is 5.82 Å². The molecule has 32 heavy (non-hydrogen) atoms. The van der Waals surface area contributed by atoms with Gasteiger partial charge >= 0.3 is 0 Å². The molecule has 1 N–H and O–H groups in total. The van der Waals surface area contributed by atoms with Gasteiger partial charge in [-0.3, -0.25) is 9.59 Å². The lowest BCUT2D eigenvalue weighted by molar-refractivity contribution is 0.0751. The third kappa shape index (κ3) is 5.53. The number of piperazine rings is 1. The largest absolute Gasteiger partial charge is 0.353 e. The van der Waals surface area contributed by atoms with E-state index in [0.717, 1.165) is 36.6 Å². The standard InChI is InChI=1S/C25H28N4O2S/c1-19(9-10-20-6-3-2-4-7-20)27-24(30)21-11-12-23(26-18-21)28-13-15-29(16-14-28)25(31)22-8-5-17-32-22/h2-8,11-12,17-19H,9-10,13-16H2,1H3,(H,27,30). The molecule has 1 atom stereocenters. The number of aromatic nitrogens is 1. The maximum absolute atomic E-state index is 12.6. The van der Waals surface area contributed by atoms with E-state index in [0.29, 0.717) is 18.7 Å². The summed E-state index contributed by atoms with van der Waals surface area (Å²) in [7, 11) is 0. The minimum atomic E-state index is -0.101. The van der Waals surface area contributed by atoms with Crippen LogP contribution in [0.25, 0.3) is 0 Å². The van der Waals surface area contributed by atoms with Crippen molar-refractivity contribution in [1.82, 2.24) is 15.2 Å². The minimum absolute atomic E-state index is 0.0799. The number of anilines is 1. The Labute approximate surface area is 192 Å². The van der Waals surface area contributed by atoms with E-state index in [4.69, 9.17) is 0 Å². The molecule has 1 aliphatic heterocycles. The van der Waals surface area contributed by atoms with Gasteiger partial charge in [0.25, 0.3) is 11.8 Å². The first-order valence-electron chi connectivity index (χ1n) is 11.0. The van der Waals surface area contributed by atoms with Crippen LogP contribution < -0.4 is 10.2 Å². The minimum Gasteiger partial charge on any atom is -0.353 e. The first-order valence-corrected chi connectivity index (χ1v) is 11.9. The Bertz CT molecular complexity index is 1010. The molecule has 1 unspecified atom stereocenters. The first kappa shape index (κ1) is 22.0. The van der Waals surface area contributed by atoms with Crippen LogP contribution in [0.3, 0.4) is 0 Å². The van der Waals surface area contributed by atoms with E-state index in [1.807, 2.05) is 59.7 Å². The molecular weight excluding hydrogens is 420 g/mol. The molecule has 0 aliphatic carbocycles. The Morgan fingerprint density at radius 2 is 1.81 bits per heavy atom. The van der Waals surface area contributed by atoms with E-state index in [1.54, 1.807) is 6.20 Å². The number of rotatable bonds is 7. The van der Waals surface area contributed by atoms with Crippen molar-refractivity contribution in [1.29, 1.82) is 0 Å². The van der Waals surface area contributed by atoms with Crippen LogP contribution in [0.1, 0.15) is 38.9 Å². The van der Waals surface area contributed by atoms with Gasteiger partial charge in [-0.05, 0) is 48.9 Å². The van der Waals surface area contributed by atoms with Gasteiger partial charge in [0.05, 0.1) is 10.4 Å². The fourth-order valence-corrected chi connectivity index (χ4v) is 4.50. The van der Waals surface area contributed by atoms with Crippen molar-refractivity contribution in [2.75, 3.05) is 31.1 Å². The highest BCUT2D eigenvalue weighted by Crippen LogP contribution is 2.17. The van der Waals surface area contributed by atoms with Crippen molar-refractivity contribution < 1.29 is 9.59 Å². The number of thiophene rings is 1. The second-order valence-electron chi connectivity index (χ2n) is 8.06. The highest BCUT2D eigenvalue weighted by Gasteiger charge is 2.23. The SMILES string of the molecule is CC(CCc1ccccc1)NC(=O)c1ccc(N2CCN(C(=O)c3cccs3)CC2)nc1. The smallest absolute Gasteiger partial charge is 0.264 e. The summed E-state index contributed by atoms with van der Waals surface area (Å²) < 4.78 is 0. The molecule has 3 aromatic rings. The molecule has 1 saturated heterocycles. The number of carbonyl (C=O) groups is 2. The van der Waals surface area contributed by atoms with Crippen molar-refractivity contribution in [2.45, 2.75) is 25.8 Å². The maximum atomic E-state index is 12.6. The molecular formula is C25H28N4O2S. The number of aryl methyl sites for hydroxylation is 1. The number of amides is 2. The average molecular weight is 449 g/mol. The van der Waals surface area contributed by atoms with Crippen LogP contribution in [0.15, 0.2) is 66.2 Å². The molecule has 0 spiro atoms. The zero-order chi connectivity index (χ0) is 22.3. The normalized spacial score (nSPS) is 14.8. The van der Waals surface area contributed by atoms with Gasteiger partial charge in [-0.25, -0.2) is 4.98 Å². The van der Waals surface area contributed by atoms with E-state index in [1.165, 1.54) is 16.9 Å². The lowest BCUT2D eigenvalue weighted by atomic mass is 10.1. The van der Waals surface area contributed by atoms with Gasteiger partial charge in [0.2, 0.25) is 0 Å². The summed E-state index contributed by atoms with van der Waals surface area (Å²) in [6.45, 7) is 4.82. The number of hydrogen-bond donors (Lipinski definition) is 1. The summed E-state index contributed by atoms with van der Waals surface area (Å²) in [6.07, 6.45) is 3.45. The summed E-state index contributed by atoms with van der Waals surface area (Å²) in [5.41, 5.74) is 1.84. The van der Waals surface area contributed by atoms with Crippen LogP contribution in [0, 0.1) is 0 Å². The lowest BCUT2D eigenvalue weighted by Crippen LogP contribution is -2.48. The Hall–Kier alpha value is -3.19. The molecule has 6 nitrogen and oxygen atoms in total. The van der Waals surface area contributed by atoms with Gasteiger partial charge < -0.3 is 15.1 Å². The quantitative estimate of drug-likeness (QED) is 0.596. The number of benzene rings is 1. The second kappa shape index (κ2) is 10.4. The number of nitrogens with zero attached hydrogens (tertiary/aromatic N) is 3. The molecule has 0 bridgehead atoms. The predicted molar refractivity (Wildman–Crippen MR) is 128 cm³/mol. The highest BCUT2D eigenvalue weighted by atomic mass is 32.1. The lowest BCUT2D eigenvalue weighted by Gasteiger charge is -2.35. The van der Waals surface area contributed by atoms with Gasteiger partial charge in [0.15, 0.2) is 0 Å². The molecule has 1 aromatic carbocycles. The Kier molecular flexibility index (Phi) is 7.17. The molecule has 7 heteroatoms. The van der Waals surface area contributed by atoms with Crippen LogP contribution in [-0.4, -0.2) is 53.9 Å². The molecule has 0 radical (unpaired) electrons. The molecule has 0 saturated carbocycles. The average Bonchev–Trinajstić information content (AvgIpc) is 3.38.